The highest BCUT2D eigenvalue weighted by Gasteiger charge is 2.31. The van der Waals surface area contributed by atoms with Gasteiger partial charge in [-0.25, -0.2) is 4.79 Å². The summed E-state index contributed by atoms with van der Waals surface area (Å²) < 4.78 is 0. The van der Waals surface area contributed by atoms with Crippen molar-refractivity contribution in [3.63, 3.8) is 0 Å². The van der Waals surface area contributed by atoms with Crippen molar-refractivity contribution in [2.24, 2.45) is 17.4 Å². The van der Waals surface area contributed by atoms with E-state index in [1.165, 1.54) is 11.8 Å². The molecule has 0 aliphatic carbocycles. The van der Waals surface area contributed by atoms with Crippen LogP contribution in [0, 0.1) is 5.92 Å². The van der Waals surface area contributed by atoms with E-state index in [0.29, 0.717) is 5.75 Å². The Labute approximate surface area is 202 Å². The molecule has 0 saturated heterocycles. The summed E-state index contributed by atoms with van der Waals surface area (Å²) in [5.41, 5.74) is 10.7. The molecule has 0 aliphatic rings. The molecule has 4 unspecified atom stereocenters. The fraction of sp³-hybridized carbons (Fsp3) is 0.700. The van der Waals surface area contributed by atoms with Crippen molar-refractivity contribution < 1.29 is 39.0 Å². The minimum Gasteiger partial charge on any atom is -0.481 e. The second kappa shape index (κ2) is 15.9. The first-order valence-corrected chi connectivity index (χ1v) is 12.1. The van der Waals surface area contributed by atoms with Crippen LogP contribution in [0.1, 0.15) is 46.0 Å². The van der Waals surface area contributed by atoms with Gasteiger partial charge in [0.1, 0.15) is 18.1 Å². The van der Waals surface area contributed by atoms with Crippen molar-refractivity contribution in [1.82, 2.24) is 16.0 Å². The van der Waals surface area contributed by atoms with Crippen LogP contribution in [0.2, 0.25) is 0 Å². The van der Waals surface area contributed by atoms with Crippen molar-refractivity contribution in [3.05, 3.63) is 0 Å². The number of carbonyl (C=O) groups is 6. The first-order chi connectivity index (χ1) is 15.8. The maximum Gasteiger partial charge on any atom is 0.326 e. The Balaban J connectivity index is 5.45. The van der Waals surface area contributed by atoms with Gasteiger partial charge in [0.15, 0.2) is 0 Å². The summed E-state index contributed by atoms with van der Waals surface area (Å²) in [5.74, 6) is -5.28. The highest BCUT2D eigenvalue weighted by molar-refractivity contribution is 7.98. The Morgan fingerprint density at radius 3 is 1.85 bits per heavy atom. The zero-order chi connectivity index (χ0) is 26.4. The molecule has 0 radical (unpaired) electrons. The fourth-order valence-electron chi connectivity index (χ4n) is 2.84. The van der Waals surface area contributed by atoms with Gasteiger partial charge in [-0.15, -0.1) is 0 Å². The van der Waals surface area contributed by atoms with Crippen molar-refractivity contribution in [2.75, 3.05) is 12.0 Å². The number of rotatable bonds is 17. The predicted octanol–water partition coefficient (Wildman–Crippen LogP) is -1.61. The van der Waals surface area contributed by atoms with Crippen LogP contribution in [-0.2, 0) is 28.8 Å². The lowest BCUT2D eigenvalue weighted by Gasteiger charge is -2.26. The molecule has 4 amide bonds. The molecule has 9 N–H and O–H groups in total. The summed E-state index contributed by atoms with van der Waals surface area (Å²) in [6, 6.07) is -4.90. The highest BCUT2D eigenvalue weighted by atomic mass is 32.2. The quantitative estimate of drug-likeness (QED) is 0.119. The largest absolute Gasteiger partial charge is 0.481 e. The molecule has 0 aliphatic heterocycles. The predicted molar refractivity (Wildman–Crippen MR) is 125 cm³/mol. The Morgan fingerprint density at radius 1 is 0.853 bits per heavy atom. The van der Waals surface area contributed by atoms with Gasteiger partial charge in [0.05, 0.1) is 12.5 Å². The Morgan fingerprint density at radius 2 is 1.38 bits per heavy atom. The van der Waals surface area contributed by atoms with E-state index in [4.69, 9.17) is 16.6 Å². The third kappa shape index (κ3) is 13.0. The maximum atomic E-state index is 12.9. The number of amides is 4. The van der Waals surface area contributed by atoms with Gasteiger partial charge in [0, 0.05) is 6.42 Å². The first kappa shape index (κ1) is 31.1. The highest BCUT2D eigenvalue weighted by Crippen LogP contribution is 2.09. The number of hydrogen-bond acceptors (Lipinski definition) is 8. The molecule has 0 aromatic heterocycles. The van der Waals surface area contributed by atoms with E-state index in [1.807, 2.05) is 0 Å². The number of hydrogen-bond donors (Lipinski definition) is 7. The SMILES string of the molecule is CSCCC(NC(=O)C(N)CCC(=O)O)C(=O)NC(CC(C)C)C(=O)NC(CC(N)=O)C(=O)O. The Kier molecular flexibility index (Phi) is 14.5. The molecule has 13 nitrogen and oxygen atoms in total. The number of nitrogens with one attached hydrogen (secondary N) is 3. The van der Waals surface area contributed by atoms with Gasteiger partial charge in [-0.3, -0.25) is 24.0 Å². The van der Waals surface area contributed by atoms with Gasteiger partial charge in [0.2, 0.25) is 23.6 Å². The minimum absolute atomic E-state index is 0.0702. The molecule has 0 fully saturated rings. The van der Waals surface area contributed by atoms with Gasteiger partial charge in [-0.2, -0.15) is 11.8 Å². The van der Waals surface area contributed by atoms with Crippen LogP contribution in [0.4, 0.5) is 0 Å². The minimum atomic E-state index is -1.56. The molecule has 34 heavy (non-hydrogen) atoms. The van der Waals surface area contributed by atoms with Crippen LogP contribution < -0.4 is 27.4 Å². The van der Waals surface area contributed by atoms with E-state index < -0.39 is 66.2 Å². The van der Waals surface area contributed by atoms with Crippen LogP contribution >= 0.6 is 11.8 Å². The topological polar surface area (TPSA) is 231 Å². The molecular formula is C20H35N5O8S. The summed E-state index contributed by atoms with van der Waals surface area (Å²) in [5, 5.41) is 25.2. The molecule has 0 rings (SSSR count). The zero-order valence-electron chi connectivity index (χ0n) is 19.5. The van der Waals surface area contributed by atoms with Gasteiger partial charge in [-0.1, -0.05) is 13.8 Å². The van der Waals surface area contributed by atoms with Crippen LogP contribution in [0.3, 0.4) is 0 Å². The van der Waals surface area contributed by atoms with Crippen LogP contribution in [-0.4, -0.2) is 82.0 Å². The van der Waals surface area contributed by atoms with Crippen LogP contribution in [0.25, 0.3) is 0 Å². The molecule has 194 valence electrons. The second-order valence-electron chi connectivity index (χ2n) is 8.14. The number of nitrogens with two attached hydrogens (primary N) is 2. The maximum absolute atomic E-state index is 12.9. The summed E-state index contributed by atoms with van der Waals surface area (Å²) >= 11 is 1.42. The normalized spacial score (nSPS) is 14.4. The van der Waals surface area contributed by atoms with Crippen LogP contribution in [0.5, 0.6) is 0 Å². The first-order valence-electron chi connectivity index (χ1n) is 10.7. The third-order valence-electron chi connectivity index (χ3n) is 4.61. The fourth-order valence-corrected chi connectivity index (χ4v) is 3.31. The smallest absolute Gasteiger partial charge is 0.326 e. The Hall–Kier alpha value is -2.87. The molecule has 0 spiro atoms. The van der Waals surface area contributed by atoms with Gasteiger partial charge in [0.25, 0.3) is 0 Å². The molecule has 0 aromatic carbocycles. The molecular weight excluding hydrogens is 470 g/mol. The second-order valence-corrected chi connectivity index (χ2v) is 9.13. The number of carboxylic acids is 2. The van der Waals surface area contributed by atoms with Crippen LogP contribution in [0.15, 0.2) is 0 Å². The molecule has 14 heteroatoms. The number of primary amides is 1. The lowest BCUT2D eigenvalue weighted by Crippen LogP contribution is -2.57. The third-order valence-corrected chi connectivity index (χ3v) is 5.25. The lowest BCUT2D eigenvalue weighted by atomic mass is 10.0. The van der Waals surface area contributed by atoms with E-state index in [0.717, 1.165) is 0 Å². The zero-order valence-corrected chi connectivity index (χ0v) is 20.4. The average molecular weight is 506 g/mol. The summed E-state index contributed by atoms with van der Waals surface area (Å²) in [4.78, 5) is 71.1. The molecule has 0 saturated carbocycles. The van der Waals surface area contributed by atoms with Gasteiger partial charge in [-0.05, 0) is 37.2 Å². The Bertz CT molecular complexity index is 748. The summed E-state index contributed by atoms with van der Waals surface area (Å²) in [6.07, 6.45) is 1.11. The van der Waals surface area contributed by atoms with Crippen molar-refractivity contribution in [1.29, 1.82) is 0 Å². The van der Waals surface area contributed by atoms with Gasteiger partial charge < -0.3 is 37.6 Å². The molecule has 4 atom stereocenters. The standard InChI is InChI=1S/C20H35N5O8S/c1-10(2)8-13(19(31)25-14(20(32)33)9-15(22)26)24-18(30)12(6-7-34-3)23-17(29)11(21)4-5-16(27)28/h10-14H,4-9,21H2,1-3H3,(H2,22,26)(H,23,29)(H,24,30)(H,25,31)(H,27,28)(H,32,33). The average Bonchev–Trinajstić information content (AvgIpc) is 2.72. The van der Waals surface area contributed by atoms with E-state index in [2.05, 4.69) is 16.0 Å². The molecule has 0 aromatic rings. The number of thioether (sulfide) groups is 1. The lowest BCUT2D eigenvalue weighted by molar-refractivity contribution is -0.144. The van der Waals surface area contributed by atoms with E-state index in [9.17, 15) is 33.9 Å². The monoisotopic (exact) mass is 505 g/mol. The number of carboxylic acid groups (broad SMARTS) is 2. The van der Waals surface area contributed by atoms with E-state index in [-0.39, 0.29) is 31.6 Å². The molecule has 0 heterocycles. The summed E-state index contributed by atoms with van der Waals surface area (Å²) in [7, 11) is 0. The van der Waals surface area contributed by atoms with Crippen molar-refractivity contribution in [2.45, 2.75) is 70.1 Å². The summed E-state index contributed by atoms with van der Waals surface area (Å²) in [6.45, 7) is 3.58. The molecule has 0 bridgehead atoms. The van der Waals surface area contributed by atoms with E-state index in [1.54, 1.807) is 20.1 Å². The number of aliphatic carboxylic acids is 2. The number of carbonyl (C=O) groups excluding carboxylic acids is 4. The van der Waals surface area contributed by atoms with E-state index >= 15 is 0 Å². The van der Waals surface area contributed by atoms with Gasteiger partial charge >= 0.3 is 11.9 Å². The van der Waals surface area contributed by atoms with Crippen molar-refractivity contribution >= 4 is 47.3 Å². The van der Waals surface area contributed by atoms with Crippen molar-refractivity contribution in [3.8, 4) is 0 Å².